The summed E-state index contributed by atoms with van der Waals surface area (Å²) in [7, 11) is 0. The third-order valence-electron chi connectivity index (χ3n) is 4.63. The number of hydrogen-bond acceptors (Lipinski definition) is 2. The van der Waals surface area contributed by atoms with Crippen LogP contribution in [0.15, 0.2) is 22.7 Å². The van der Waals surface area contributed by atoms with Gasteiger partial charge < -0.3 is 15.1 Å². The summed E-state index contributed by atoms with van der Waals surface area (Å²) in [5.74, 6) is 0.269. The Labute approximate surface area is 152 Å². The normalized spacial score (nSPS) is 15.2. The molecule has 6 heteroatoms. The lowest BCUT2D eigenvalue weighted by atomic mass is 9.95. The second kappa shape index (κ2) is 8.51. The Balaban J connectivity index is 1.88. The van der Waals surface area contributed by atoms with Gasteiger partial charge in [-0.2, -0.15) is 0 Å². The summed E-state index contributed by atoms with van der Waals surface area (Å²) in [6.45, 7) is 8.75. The number of benzene rings is 1. The van der Waals surface area contributed by atoms with Crippen molar-refractivity contribution in [1.29, 1.82) is 0 Å². The summed E-state index contributed by atoms with van der Waals surface area (Å²) in [5, 5.41) is 2.93. The van der Waals surface area contributed by atoms with E-state index in [0.29, 0.717) is 13.1 Å². The number of rotatable bonds is 4. The molecule has 1 aliphatic rings. The molecule has 2 rings (SSSR count). The summed E-state index contributed by atoms with van der Waals surface area (Å²) in [5.41, 5.74) is 1.91. The SMILES string of the molecule is CCN(CC)C(=O)C1CCN(C(=O)Nc2ccc(C)c(Br)c2)CC1. The molecule has 0 spiro atoms. The first-order valence-electron chi connectivity index (χ1n) is 8.57. The molecule has 5 nitrogen and oxygen atoms in total. The van der Waals surface area contributed by atoms with Gasteiger partial charge in [-0.3, -0.25) is 4.79 Å². The maximum atomic E-state index is 12.4. The minimum atomic E-state index is -0.0977. The van der Waals surface area contributed by atoms with E-state index in [-0.39, 0.29) is 17.9 Å². The van der Waals surface area contributed by atoms with Crippen LogP contribution in [0.25, 0.3) is 0 Å². The standard InChI is InChI=1S/C18H26BrN3O2/c1-4-21(5-2)17(23)14-8-10-22(11-9-14)18(24)20-15-7-6-13(3)16(19)12-15/h6-7,12,14H,4-5,8-11H2,1-3H3,(H,20,24). The van der Waals surface area contributed by atoms with Crippen molar-refractivity contribution in [2.45, 2.75) is 33.6 Å². The number of nitrogens with one attached hydrogen (secondary N) is 1. The van der Waals surface area contributed by atoms with Gasteiger partial charge in [0.1, 0.15) is 0 Å². The summed E-state index contributed by atoms with van der Waals surface area (Å²) in [6.07, 6.45) is 1.47. The predicted molar refractivity (Wildman–Crippen MR) is 100 cm³/mol. The molecule has 0 bridgehead atoms. The molecule has 24 heavy (non-hydrogen) atoms. The van der Waals surface area contributed by atoms with Crippen molar-refractivity contribution in [3.05, 3.63) is 28.2 Å². The maximum Gasteiger partial charge on any atom is 0.321 e. The van der Waals surface area contributed by atoms with Gasteiger partial charge in [0.15, 0.2) is 0 Å². The molecule has 0 atom stereocenters. The van der Waals surface area contributed by atoms with Crippen molar-refractivity contribution in [2.75, 3.05) is 31.5 Å². The molecule has 3 amide bonds. The van der Waals surface area contributed by atoms with Crippen molar-refractivity contribution in [3.8, 4) is 0 Å². The molecule has 1 saturated heterocycles. The molecule has 0 unspecified atom stereocenters. The fourth-order valence-corrected chi connectivity index (χ4v) is 3.37. The Morgan fingerprint density at radius 2 is 1.88 bits per heavy atom. The van der Waals surface area contributed by atoms with Crippen molar-refractivity contribution in [2.24, 2.45) is 5.92 Å². The number of likely N-dealkylation sites (tertiary alicyclic amines) is 1. The van der Waals surface area contributed by atoms with Crippen LogP contribution < -0.4 is 5.32 Å². The van der Waals surface area contributed by atoms with Crippen LogP contribution in [0.1, 0.15) is 32.3 Å². The van der Waals surface area contributed by atoms with Crippen LogP contribution >= 0.6 is 15.9 Å². The molecule has 0 saturated carbocycles. The molecular weight excluding hydrogens is 370 g/mol. The average Bonchev–Trinajstić information content (AvgIpc) is 2.59. The van der Waals surface area contributed by atoms with Gasteiger partial charge in [0.25, 0.3) is 0 Å². The molecule has 1 fully saturated rings. The topological polar surface area (TPSA) is 52.7 Å². The minimum absolute atomic E-state index is 0.0440. The number of hydrogen-bond donors (Lipinski definition) is 1. The van der Waals surface area contributed by atoms with E-state index in [4.69, 9.17) is 0 Å². The van der Waals surface area contributed by atoms with E-state index in [1.165, 1.54) is 0 Å². The van der Waals surface area contributed by atoms with E-state index < -0.39 is 0 Å². The van der Waals surface area contributed by atoms with Gasteiger partial charge in [0.05, 0.1) is 0 Å². The van der Waals surface area contributed by atoms with Gasteiger partial charge in [0, 0.05) is 42.3 Å². The number of amides is 3. The maximum absolute atomic E-state index is 12.4. The fraction of sp³-hybridized carbons (Fsp3) is 0.556. The zero-order chi connectivity index (χ0) is 17.7. The van der Waals surface area contributed by atoms with Crippen molar-refractivity contribution >= 4 is 33.6 Å². The molecule has 0 radical (unpaired) electrons. The number of carbonyl (C=O) groups is 2. The van der Waals surface area contributed by atoms with Crippen molar-refractivity contribution in [1.82, 2.24) is 9.80 Å². The summed E-state index contributed by atoms with van der Waals surface area (Å²) < 4.78 is 0.976. The van der Waals surface area contributed by atoms with Gasteiger partial charge in [-0.1, -0.05) is 22.0 Å². The Morgan fingerprint density at radius 3 is 2.42 bits per heavy atom. The number of piperidine rings is 1. The van der Waals surface area contributed by atoms with E-state index >= 15 is 0 Å². The van der Waals surface area contributed by atoms with Crippen molar-refractivity contribution < 1.29 is 9.59 Å². The molecule has 0 aromatic heterocycles. The number of anilines is 1. The number of carbonyl (C=O) groups excluding carboxylic acids is 2. The Morgan fingerprint density at radius 1 is 1.25 bits per heavy atom. The van der Waals surface area contributed by atoms with Gasteiger partial charge >= 0.3 is 6.03 Å². The van der Waals surface area contributed by atoms with E-state index in [0.717, 1.165) is 41.7 Å². The van der Waals surface area contributed by atoms with Gasteiger partial charge in [-0.15, -0.1) is 0 Å². The monoisotopic (exact) mass is 395 g/mol. The molecule has 1 aliphatic heterocycles. The number of urea groups is 1. The van der Waals surface area contributed by atoms with E-state index in [2.05, 4.69) is 21.2 Å². The lowest BCUT2D eigenvalue weighted by Gasteiger charge is -2.33. The average molecular weight is 396 g/mol. The first kappa shape index (κ1) is 18.8. The Bertz CT molecular complexity index is 594. The molecule has 1 heterocycles. The van der Waals surface area contributed by atoms with Gasteiger partial charge in [-0.25, -0.2) is 4.79 Å². The molecule has 0 aliphatic carbocycles. The van der Waals surface area contributed by atoms with Crippen LogP contribution in [-0.4, -0.2) is 47.9 Å². The van der Waals surface area contributed by atoms with Crippen LogP contribution in [0.4, 0.5) is 10.5 Å². The quantitative estimate of drug-likeness (QED) is 0.840. The molecule has 132 valence electrons. The van der Waals surface area contributed by atoms with Gasteiger partial charge in [-0.05, 0) is 51.3 Å². The smallest absolute Gasteiger partial charge is 0.321 e. The van der Waals surface area contributed by atoms with Crippen LogP contribution in [0.3, 0.4) is 0 Å². The second-order valence-corrected chi connectivity index (χ2v) is 7.02. The summed E-state index contributed by atoms with van der Waals surface area (Å²) >= 11 is 3.48. The third-order valence-corrected chi connectivity index (χ3v) is 5.48. The van der Waals surface area contributed by atoms with Crippen LogP contribution in [-0.2, 0) is 4.79 Å². The van der Waals surface area contributed by atoms with Gasteiger partial charge in [0.2, 0.25) is 5.91 Å². The Kier molecular flexibility index (Phi) is 6.66. The number of aryl methyl sites for hydroxylation is 1. The predicted octanol–water partition coefficient (Wildman–Crippen LogP) is 3.87. The third kappa shape index (κ3) is 4.50. The first-order chi connectivity index (χ1) is 11.5. The molecular formula is C18H26BrN3O2. The second-order valence-electron chi connectivity index (χ2n) is 6.17. The van der Waals surface area contributed by atoms with Crippen LogP contribution in [0, 0.1) is 12.8 Å². The highest BCUT2D eigenvalue weighted by Gasteiger charge is 2.29. The molecule has 1 aromatic rings. The molecule has 1 aromatic carbocycles. The largest absolute Gasteiger partial charge is 0.343 e. The van der Waals surface area contributed by atoms with Crippen molar-refractivity contribution in [3.63, 3.8) is 0 Å². The Hall–Kier alpha value is -1.56. The van der Waals surface area contributed by atoms with Crippen LogP contribution in [0.2, 0.25) is 0 Å². The summed E-state index contributed by atoms with van der Waals surface area (Å²) in [6, 6.07) is 5.67. The highest BCUT2D eigenvalue weighted by Crippen LogP contribution is 2.23. The van der Waals surface area contributed by atoms with E-state index in [1.807, 2.05) is 43.9 Å². The highest BCUT2D eigenvalue weighted by atomic mass is 79.9. The minimum Gasteiger partial charge on any atom is -0.343 e. The lowest BCUT2D eigenvalue weighted by molar-refractivity contribution is -0.136. The van der Waals surface area contributed by atoms with E-state index in [9.17, 15) is 9.59 Å². The zero-order valence-corrected chi connectivity index (χ0v) is 16.2. The van der Waals surface area contributed by atoms with Crippen LogP contribution in [0.5, 0.6) is 0 Å². The summed E-state index contributed by atoms with van der Waals surface area (Å²) in [4.78, 5) is 28.5. The number of nitrogens with zero attached hydrogens (tertiary/aromatic N) is 2. The number of halogens is 1. The highest BCUT2D eigenvalue weighted by molar-refractivity contribution is 9.10. The fourth-order valence-electron chi connectivity index (χ4n) is 3.00. The molecule has 1 N–H and O–H groups in total. The first-order valence-corrected chi connectivity index (χ1v) is 9.36. The lowest BCUT2D eigenvalue weighted by Crippen LogP contribution is -2.45. The van der Waals surface area contributed by atoms with E-state index in [1.54, 1.807) is 4.90 Å². The zero-order valence-electron chi connectivity index (χ0n) is 14.6.